The van der Waals surface area contributed by atoms with Crippen molar-refractivity contribution in [3.63, 3.8) is 0 Å². The molecule has 0 aliphatic carbocycles. The van der Waals surface area contributed by atoms with Gasteiger partial charge in [-0.15, -0.1) is 0 Å². The summed E-state index contributed by atoms with van der Waals surface area (Å²) in [7, 11) is -19.9. The molecule has 4 bridgehead atoms. The Hall–Kier alpha value is -5.77. The molecule has 0 atom stereocenters. The number of aliphatic hydroxyl groups is 1. The fourth-order valence-corrected chi connectivity index (χ4v) is 9.07. The van der Waals surface area contributed by atoms with Crippen molar-refractivity contribution in [1.82, 2.24) is 24.9 Å². The SMILES string of the molecule is Cc1c(N=Nc2cc(S(=O)(=O)O)c3cccc(S(=O)(=O)O)c3c2)cc2[nH]c3nc(NCCO)nc(n3)[nH]c1c2-c1cc(S(=O)(=O)O)c2cccc(S(=O)(=O)O)c2c1. The van der Waals surface area contributed by atoms with Crippen LogP contribution >= 0.6 is 0 Å². The molecular formula is C32H26N8O13S4. The fourth-order valence-electron chi connectivity index (χ4n) is 6.22. The molecule has 2 aromatic heterocycles. The highest BCUT2D eigenvalue weighted by Gasteiger charge is 2.25. The molecule has 57 heavy (non-hydrogen) atoms. The molecule has 0 amide bonds. The van der Waals surface area contributed by atoms with Crippen molar-refractivity contribution in [3.8, 4) is 11.1 Å². The van der Waals surface area contributed by atoms with Crippen molar-refractivity contribution in [2.45, 2.75) is 26.5 Å². The van der Waals surface area contributed by atoms with Gasteiger partial charge in [-0.1, -0.05) is 24.3 Å². The highest BCUT2D eigenvalue weighted by atomic mass is 32.2. The van der Waals surface area contributed by atoms with Crippen LogP contribution in [0.2, 0.25) is 0 Å². The van der Waals surface area contributed by atoms with Gasteiger partial charge in [0.15, 0.2) is 0 Å². The Labute approximate surface area is 321 Å². The molecule has 7 aromatic rings. The van der Waals surface area contributed by atoms with Crippen LogP contribution in [0, 0.1) is 6.92 Å². The van der Waals surface area contributed by atoms with Gasteiger partial charge < -0.3 is 20.4 Å². The van der Waals surface area contributed by atoms with Gasteiger partial charge >= 0.3 is 0 Å². The van der Waals surface area contributed by atoms with E-state index in [0.29, 0.717) is 0 Å². The number of azo groups is 1. The van der Waals surface area contributed by atoms with E-state index in [1.807, 2.05) is 0 Å². The van der Waals surface area contributed by atoms with E-state index in [1.165, 1.54) is 37.3 Å². The number of aromatic nitrogens is 5. The van der Waals surface area contributed by atoms with Gasteiger partial charge in [-0.25, -0.2) is 0 Å². The van der Waals surface area contributed by atoms with Crippen molar-refractivity contribution in [2.24, 2.45) is 10.2 Å². The minimum absolute atomic E-state index is 0.0264. The quantitative estimate of drug-likeness (QED) is 0.0694. The van der Waals surface area contributed by atoms with Crippen LogP contribution in [-0.4, -0.2) is 95.1 Å². The van der Waals surface area contributed by atoms with Crippen LogP contribution < -0.4 is 5.32 Å². The lowest BCUT2D eigenvalue weighted by atomic mass is 9.96. The number of fused-ring (bicyclic) bond motifs is 6. The summed E-state index contributed by atoms with van der Waals surface area (Å²) in [5, 5.41) is 19.4. The van der Waals surface area contributed by atoms with Crippen molar-refractivity contribution >= 4 is 102 Å². The lowest BCUT2D eigenvalue weighted by Crippen LogP contribution is -2.10. The predicted octanol–water partition coefficient (Wildman–Crippen LogP) is 4.48. The Morgan fingerprint density at radius 3 is 1.74 bits per heavy atom. The van der Waals surface area contributed by atoms with Crippen molar-refractivity contribution in [3.05, 3.63) is 72.3 Å². The number of hydrogen-bond donors (Lipinski definition) is 8. The Morgan fingerprint density at radius 2 is 1.18 bits per heavy atom. The average molecular weight is 859 g/mol. The van der Waals surface area contributed by atoms with Crippen molar-refractivity contribution < 1.29 is 57.0 Å². The number of anilines is 1. The van der Waals surface area contributed by atoms with Gasteiger partial charge in [0.05, 0.1) is 29.0 Å². The minimum Gasteiger partial charge on any atom is -0.395 e. The zero-order valence-electron chi connectivity index (χ0n) is 28.6. The standard InChI is InChI=1S/C32H26N8O13S4/c1-15-22(40-39-17-12-21-19(27(13-17)57(51,52)53)5-3-7-25(21)55(45,46)47)14-23-28(29(15)35-32-37-30(33-8-9-41)36-31(34-23)38-32)16-10-20-18(26(11-16)56(48,49)50)4-2-6-24(20)54(42,43)44/h2-7,10-14,41H,8-9H2,1H3,(H,42,43,44)(H,45,46,47)(H,48,49,50)(H,51,52,53)(H3,33,34,35,36,37,38). The van der Waals surface area contributed by atoms with Gasteiger partial charge in [0.1, 0.15) is 19.6 Å². The molecule has 0 aliphatic heterocycles. The summed E-state index contributed by atoms with van der Waals surface area (Å²) >= 11 is 0. The van der Waals surface area contributed by atoms with Crippen LogP contribution in [-0.2, 0) is 40.5 Å². The molecule has 0 radical (unpaired) electrons. The number of hydrogen-bond acceptors (Lipinski definition) is 15. The summed E-state index contributed by atoms with van der Waals surface area (Å²) in [5.41, 5.74) is 0.190. The number of benzene rings is 5. The molecule has 2 heterocycles. The second kappa shape index (κ2) is 14.0. The number of aryl methyl sites for hydroxylation is 1. The van der Waals surface area contributed by atoms with E-state index >= 15 is 0 Å². The number of aliphatic hydroxyl groups excluding tert-OH is 1. The smallest absolute Gasteiger partial charge is 0.295 e. The van der Waals surface area contributed by atoms with Crippen LogP contribution in [0.3, 0.4) is 0 Å². The van der Waals surface area contributed by atoms with E-state index in [9.17, 15) is 57.0 Å². The van der Waals surface area contributed by atoms with Crippen LogP contribution in [0.25, 0.3) is 55.3 Å². The van der Waals surface area contributed by atoms with Gasteiger partial charge in [0.2, 0.25) is 17.5 Å². The number of nitrogens with zero attached hydrogens (tertiary/aromatic N) is 5. The van der Waals surface area contributed by atoms with Crippen LogP contribution in [0.15, 0.2) is 96.5 Å². The van der Waals surface area contributed by atoms with Crippen LogP contribution in [0.4, 0.5) is 17.3 Å². The summed E-state index contributed by atoms with van der Waals surface area (Å²) in [5.74, 6) is -0.178. The Kier molecular flexibility index (Phi) is 9.70. The maximum Gasteiger partial charge on any atom is 0.295 e. The Bertz CT molecular complexity index is 3370. The normalized spacial score (nSPS) is 13.0. The van der Waals surface area contributed by atoms with E-state index in [0.717, 1.165) is 36.4 Å². The lowest BCUT2D eigenvalue weighted by Gasteiger charge is -2.16. The highest BCUT2D eigenvalue weighted by molar-refractivity contribution is 7.87. The molecule has 0 aliphatic rings. The van der Waals surface area contributed by atoms with Gasteiger partial charge in [0.25, 0.3) is 40.5 Å². The van der Waals surface area contributed by atoms with Gasteiger partial charge in [-0.3, -0.25) is 18.2 Å². The molecule has 25 heteroatoms. The third kappa shape index (κ3) is 7.69. The molecule has 7 rings (SSSR count). The molecule has 0 fully saturated rings. The summed E-state index contributed by atoms with van der Waals surface area (Å²) in [4.78, 5) is 16.0. The average Bonchev–Trinajstić information content (AvgIpc) is 3.11. The van der Waals surface area contributed by atoms with Crippen LogP contribution in [0.1, 0.15) is 5.56 Å². The second-order valence-corrected chi connectivity index (χ2v) is 17.8. The molecule has 0 unspecified atom stereocenters. The first kappa shape index (κ1) is 39.5. The number of aromatic amines is 2. The van der Waals surface area contributed by atoms with Gasteiger partial charge in [-0.2, -0.15) is 58.9 Å². The van der Waals surface area contributed by atoms with Gasteiger partial charge in [-0.05, 0) is 55.0 Å². The molecule has 0 saturated heterocycles. The molecular weight excluding hydrogens is 833 g/mol. The summed E-state index contributed by atoms with van der Waals surface area (Å²) in [6, 6.07) is 12.6. The van der Waals surface area contributed by atoms with Crippen molar-refractivity contribution in [1.29, 1.82) is 0 Å². The van der Waals surface area contributed by atoms with E-state index in [4.69, 9.17) is 0 Å². The van der Waals surface area contributed by atoms with E-state index in [-0.39, 0.29) is 91.3 Å². The number of rotatable bonds is 10. The third-order valence-corrected chi connectivity index (χ3v) is 12.2. The van der Waals surface area contributed by atoms with Crippen LogP contribution in [0.5, 0.6) is 0 Å². The summed E-state index contributed by atoms with van der Waals surface area (Å²) in [6.45, 7) is 1.32. The Balaban J connectivity index is 1.55. The Morgan fingerprint density at radius 1 is 0.632 bits per heavy atom. The molecule has 0 spiro atoms. The highest BCUT2D eigenvalue weighted by Crippen LogP contribution is 2.41. The molecule has 0 saturated carbocycles. The zero-order chi connectivity index (χ0) is 41.2. The monoisotopic (exact) mass is 858 g/mol. The molecule has 296 valence electrons. The fraction of sp³-hybridized carbons (Fsp3) is 0.0938. The molecule has 5 aromatic carbocycles. The first-order chi connectivity index (χ1) is 26.6. The maximum absolute atomic E-state index is 12.7. The summed E-state index contributed by atoms with van der Waals surface area (Å²) in [6.07, 6.45) is 0. The van der Waals surface area contributed by atoms with Gasteiger partial charge in [0, 0.05) is 39.2 Å². The maximum atomic E-state index is 12.7. The zero-order valence-corrected chi connectivity index (χ0v) is 31.9. The largest absolute Gasteiger partial charge is 0.395 e. The summed E-state index contributed by atoms with van der Waals surface area (Å²) < 4.78 is 140. The van der Waals surface area contributed by atoms with E-state index in [1.54, 1.807) is 0 Å². The first-order valence-electron chi connectivity index (χ1n) is 15.9. The van der Waals surface area contributed by atoms with E-state index in [2.05, 4.69) is 40.5 Å². The topological polar surface area (TPSA) is 345 Å². The first-order valence-corrected chi connectivity index (χ1v) is 21.7. The minimum atomic E-state index is -5.05. The number of H-pyrrole nitrogens is 2. The molecule has 21 nitrogen and oxygen atoms in total. The second-order valence-electron chi connectivity index (χ2n) is 12.2. The lowest BCUT2D eigenvalue weighted by molar-refractivity contribution is 0.311. The van der Waals surface area contributed by atoms with Crippen molar-refractivity contribution in [2.75, 3.05) is 18.5 Å². The number of nitrogens with one attached hydrogen (secondary N) is 3. The molecule has 8 N–H and O–H groups in total. The third-order valence-electron chi connectivity index (χ3n) is 8.57. The predicted molar refractivity (Wildman–Crippen MR) is 203 cm³/mol. The van der Waals surface area contributed by atoms with E-state index < -0.39 is 60.1 Å².